The molecule has 1 atom stereocenters. The molecule has 1 saturated heterocycles. The number of nitrogens with zero attached hydrogens (tertiary/aromatic N) is 1. The van der Waals surface area contributed by atoms with Gasteiger partial charge in [0.2, 0.25) is 0 Å². The Morgan fingerprint density at radius 1 is 1.50 bits per heavy atom. The lowest BCUT2D eigenvalue weighted by atomic mass is 9.86. The van der Waals surface area contributed by atoms with Crippen LogP contribution in [-0.2, 0) is 10.3 Å². The van der Waals surface area contributed by atoms with E-state index in [1.807, 2.05) is 13.0 Å². The SMILES string of the molecule is CO[C@@H](C)c1ncc(C2(O)CCNCC2)cc1Br. The number of rotatable bonds is 3. The van der Waals surface area contributed by atoms with E-state index in [4.69, 9.17) is 4.74 Å². The highest BCUT2D eigenvalue weighted by Gasteiger charge is 2.32. The highest BCUT2D eigenvalue weighted by molar-refractivity contribution is 9.10. The number of pyridine rings is 1. The predicted octanol–water partition coefficient (Wildman–Crippen LogP) is 2.12. The van der Waals surface area contributed by atoms with Crippen LogP contribution in [0.15, 0.2) is 16.7 Å². The molecule has 1 aromatic heterocycles. The van der Waals surface area contributed by atoms with Crippen LogP contribution in [0.2, 0.25) is 0 Å². The Morgan fingerprint density at radius 3 is 2.72 bits per heavy atom. The Bertz CT molecular complexity index is 419. The van der Waals surface area contributed by atoms with E-state index in [2.05, 4.69) is 26.2 Å². The number of piperidine rings is 1. The summed E-state index contributed by atoms with van der Waals surface area (Å²) in [5.41, 5.74) is 0.983. The van der Waals surface area contributed by atoms with Crippen molar-refractivity contribution in [2.75, 3.05) is 20.2 Å². The largest absolute Gasteiger partial charge is 0.385 e. The van der Waals surface area contributed by atoms with E-state index in [0.29, 0.717) is 0 Å². The quantitative estimate of drug-likeness (QED) is 0.897. The second kappa shape index (κ2) is 5.65. The molecule has 2 N–H and O–H groups in total. The molecule has 1 aliphatic heterocycles. The van der Waals surface area contributed by atoms with Crippen molar-refractivity contribution in [2.45, 2.75) is 31.5 Å². The first-order valence-electron chi connectivity index (χ1n) is 6.18. The minimum atomic E-state index is -0.754. The second-order valence-electron chi connectivity index (χ2n) is 4.75. The molecule has 1 aliphatic rings. The summed E-state index contributed by atoms with van der Waals surface area (Å²) < 4.78 is 6.15. The van der Waals surface area contributed by atoms with Crippen LogP contribution in [0.1, 0.15) is 37.1 Å². The molecule has 0 spiro atoms. The molecule has 0 radical (unpaired) electrons. The molecule has 0 saturated carbocycles. The van der Waals surface area contributed by atoms with Gasteiger partial charge in [-0.25, -0.2) is 0 Å². The molecule has 100 valence electrons. The molecule has 1 aromatic rings. The summed E-state index contributed by atoms with van der Waals surface area (Å²) in [6, 6.07) is 1.96. The fraction of sp³-hybridized carbons (Fsp3) is 0.615. The van der Waals surface area contributed by atoms with Gasteiger partial charge in [0.1, 0.15) is 0 Å². The average molecular weight is 315 g/mol. The van der Waals surface area contributed by atoms with Gasteiger partial charge in [-0.1, -0.05) is 0 Å². The second-order valence-corrected chi connectivity index (χ2v) is 5.60. The Balaban J connectivity index is 2.28. The van der Waals surface area contributed by atoms with Crippen molar-refractivity contribution >= 4 is 15.9 Å². The van der Waals surface area contributed by atoms with Crippen LogP contribution in [0.25, 0.3) is 0 Å². The molecular weight excluding hydrogens is 296 g/mol. The molecule has 2 rings (SSSR count). The number of ether oxygens (including phenoxy) is 1. The third-order valence-electron chi connectivity index (χ3n) is 3.58. The minimum absolute atomic E-state index is 0.0592. The van der Waals surface area contributed by atoms with Crippen molar-refractivity contribution in [3.05, 3.63) is 28.0 Å². The number of halogens is 1. The molecule has 0 amide bonds. The van der Waals surface area contributed by atoms with E-state index in [9.17, 15) is 5.11 Å². The normalized spacial score (nSPS) is 20.7. The van der Waals surface area contributed by atoms with E-state index >= 15 is 0 Å². The average Bonchev–Trinajstić information content (AvgIpc) is 2.38. The number of hydrogen-bond acceptors (Lipinski definition) is 4. The fourth-order valence-electron chi connectivity index (χ4n) is 2.24. The lowest BCUT2D eigenvalue weighted by Crippen LogP contribution is -2.39. The minimum Gasteiger partial charge on any atom is -0.385 e. The van der Waals surface area contributed by atoms with E-state index < -0.39 is 5.60 Å². The molecule has 0 aromatic carbocycles. The number of nitrogens with one attached hydrogen (secondary N) is 1. The van der Waals surface area contributed by atoms with Crippen molar-refractivity contribution in [3.63, 3.8) is 0 Å². The topological polar surface area (TPSA) is 54.4 Å². The third kappa shape index (κ3) is 2.74. The Labute approximate surface area is 116 Å². The number of hydrogen-bond donors (Lipinski definition) is 2. The molecule has 18 heavy (non-hydrogen) atoms. The van der Waals surface area contributed by atoms with Gasteiger partial charge >= 0.3 is 0 Å². The monoisotopic (exact) mass is 314 g/mol. The zero-order valence-corrected chi connectivity index (χ0v) is 12.3. The molecule has 4 nitrogen and oxygen atoms in total. The van der Waals surface area contributed by atoms with Gasteiger partial charge in [-0.15, -0.1) is 0 Å². The van der Waals surface area contributed by atoms with E-state index in [0.717, 1.165) is 41.7 Å². The zero-order chi connectivity index (χ0) is 13.2. The third-order valence-corrected chi connectivity index (χ3v) is 4.21. The fourth-order valence-corrected chi connectivity index (χ4v) is 2.91. The molecule has 5 heteroatoms. The van der Waals surface area contributed by atoms with Gasteiger partial charge in [0.05, 0.1) is 17.4 Å². The van der Waals surface area contributed by atoms with Gasteiger partial charge in [-0.05, 0) is 54.9 Å². The maximum absolute atomic E-state index is 10.6. The van der Waals surface area contributed by atoms with Crippen molar-refractivity contribution in [2.24, 2.45) is 0 Å². The van der Waals surface area contributed by atoms with E-state index in [1.165, 1.54) is 0 Å². The summed E-state index contributed by atoms with van der Waals surface area (Å²) in [5.74, 6) is 0. The Morgan fingerprint density at radius 2 is 2.17 bits per heavy atom. The summed E-state index contributed by atoms with van der Waals surface area (Å²) in [7, 11) is 1.66. The highest BCUT2D eigenvalue weighted by Crippen LogP contribution is 2.33. The first-order chi connectivity index (χ1) is 8.57. The van der Waals surface area contributed by atoms with Crippen LogP contribution in [-0.4, -0.2) is 30.3 Å². The van der Waals surface area contributed by atoms with Crippen molar-refractivity contribution < 1.29 is 9.84 Å². The summed E-state index contributed by atoms with van der Waals surface area (Å²) in [6.07, 6.45) is 3.15. The van der Waals surface area contributed by atoms with Gasteiger partial charge in [0.15, 0.2) is 0 Å². The Kier molecular flexibility index (Phi) is 4.37. The standard InChI is InChI=1S/C13H19BrN2O2/c1-9(18-2)12-11(14)7-10(8-16-12)13(17)3-5-15-6-4-13/h7-9,15,17H,3-6H2,1-2H3/t9-/m0/s1. The van der Waals surface area contributed by atoms with Gasteiger partial charge in [-0.3, -0.25) is 4.98 Å². The summed E-state index contributed by atoms with van der Waals surface area (Å²) in [4.78, 5) is 4.42. The van der Waals surface area contributed by atoms with Gasteiger partial charge < -0.3 is 15.2 Å². The van der Waals surface area contributed by atoms with Crippen LogP contribution >= 0.6 is 15.9 Å². The molecule has 1 fully saturated rings. The summed E-state index contributed by atoms with van der Waals surface area (Å²) >= 11 is 3.51. The van der Waals surface area contributed by atoms with Gasteiger partial charge in [0, 0.05) is 23.3 Å². The van der Waals surface area contributed by atoms with Crippen LogP contribution < -0.4 is 5.32 Å². The molecule has 0 bridgehead atoms. The highest BCUT2D eigenvalue weighted by atomic mass is 79.9. The number of aliphatic hydroxyl groups is 1. The van der Waals surface area contributed by atoms with Gasteiger partial charge in [-0.2, -0.15) is 0 Å². The zero-order valence-electron chi connectivity index (χ0n) is 10.7. The molecular formula is C13H19BrN2O2. The van der Waals surface area contributed by atoms with E-state index in [-0.39, 0.29) is 6.10 Å². The van der Waals surface area contributed by atoms with Crippen molar-refractivity contribution in [1.82, 2.24) is 10.3 Å². The predicted molar refractivity (Wildman–Crippen MR) is 73.4 cm³/mol. The smallest absolute Gasteiger partial charge is 0.0974 e. The first-order valence-corrected chi connectivity index (χ1v) is 6.98. The maximum Gasteiger partial charge on any atom is 0.0974 e. The number of methoxy groups -OCH3 is 1. The lowest BCUT2D eigenvalue weighted by molar-refractivity contribution is 0.00542. The summed E-state index contributed by atoms with van der Waals surface area (Å²) in [6.45, 7) is 3.63. The molecule has 2 heterocycles. The van der Waals surface area contributed by atoms with Gasteiger partial charge in [0.25, 0.3) is 0 Å². The lowest BCUT2D eigenvalue weighted by Gasteiger charge is -2.33. The van der Waals surface area contributed by atoms with Crippen LogP contribution in [0.3, 0.4) is 0 Å². The van der Waals surface area contributed by atoms with Crippen LogP contribution in [0, 0.1) is 0 Å². The van der Waals surface area contributed by atoms with Crippen LogP contribution in [0.5, 0.6) is 0 Å². The molecule has 0 aliphatic carbocycles. The van der Waals surface area contributed by atoms with Crippen molar-refractivity contribution in [1.29, 1.82) is 0 Å². The maximum atomic E-state index is 10.6. The van der Waals surface area contributed by atoms with E-state index in [1.54, 1.807) is 13.3 Å². The first kappa shape index (κ1) is 13.9. The van der Waals surface area contributed by atoms with Crippen molar-refractivity contribution in [3.8, 4) is 0 Å². The van der Waals surface area contributed by atoms with Crippen LogP contribution in [0.4, 0.5) is 0 Å². The summed E-state index contributed by atoms with van der Waals surface area (Å²) in [5, 5.41) is 13.9. The number of aromatic nitrogens is 1. The molecule has 0 unspecified atom stereocenters. The Hall–Kier alpha value is -0.490.